The number of carbonyl (C=O) groups excluding carboxylic acids is 2. The second kappa shape index (κ2) is 10.4. The Labute approximate surface area is 217 Å². The van der Waals surface area contributed by atoms with E-state index in [0.29, 0.717) is 19.6 Å². The van der Waals surface area contributed by atoms with Crippen molar-refractivity contribution < 1.29 is 22.8 Å². The maximum Gasteiger partial charge on any atom is 0.416 e. The zero-order valence-electron chi connectivity index (χ0n) is 20.4. The lowest BCUT2D eigenvalue weighted by atomic mass is 9.83. The summed E-state index contributed by atoms with van der Waals surface area (Å²) in [6, 6.07) is 17.2. The smallest absolute Gasteiger partial charge is 0.326 e. The van der Waals surface area contributed by atoms with Crippen LogP contribution in [0.3, 0.4) is 0 Å². The molecule has 0 radical (unpaired) electrons. The van der Waals surface area contributed by atoms with E-state index in [0.717, 1.165) is 29.8 Å². The molecular weight excluding hydrogens is 497 g/mol. The van der Waals surface area contributed by atoms with Crippen LogP contribution in [0.1, 0.15) is 29.2 Å². The molecule has 0 saturated carbocycles. The van der Waals surface area contributed by atoms with Crippen molar-refractivity contribution in [1.29, 1.82) is 0 Å². The number of pyridine rings is 1. The van der Waals surface area contributed by atoms with E-state index in [1.54, 1.807) is 15.5 Å². The van der Waals surface area contributed by atoms with Gasteiger partial charge in [0, 0.05) is 49.4 Å². The van der Waals surface area contributed by atoms with E-state index < -0.39 is 29.7 Å². The van der Waals surface area contributed by atoms with E-state index in [2.05, 4.69) is 10.6 Å². The van der Waals surface area contributed by atoms with Crippen molar-refractivity contribution in [3.05, 3.63) is 100.0 Å². The highest BCUT2D eigenvalue weighted by atomic mass is 19.4. The number of benzene rings is 2. The molecule has 3 atom stereocenters. The van der Waals surface area contributed by atoms with E-state index >= 15 is 0 Å². The molecule has 2 aliphatic heterocycles. The van der Waals surface area contributed by atoms with Crippen LogP contribution in [-0.4, -0.2) is 40.5 Å². The lowest BCUT2D eigenvalue weighted by molar-refractivity contribution is -0.137. The Bertz CT molecular complexity index is 1390. The lowest BCUT2D eigenvalue weighted by Crippen LogP contribution is -2.55. The van der Waals surface area contributed by atoms with E-state index in [9.17, 15) is 27.6 Å². The fourth-order valence-electron chi connectivity index (χ4n) is 5.36. The van der Waals surface area contributed by atoms with Crippen molar-refractivity contribution in [1.82, 2.24) is 14.8 Å². The van der Waals surface area contributed by atoms with Gasteiger partial charge in [0.15, 0.2) is 0 Å². The van der Waals surface area contributed by atoms with Gasteiger partial charge in [0.25, 0.3) is 5.56 Å². The first-order chi connectivity index (χ1) is 18.2. The number of fused-ring (bicyclic) bond motifs is 4. The van der Waals surface area contributed by atoms with Gasteiger partial charge in [0.1, 0.15) is 6.04 Å². The van der Waals surface area contributed by atoms with Crippen molar-refractivity contribution in [2.45, 2.75) is 37.5 Å². The second-order valence-electron chi connectivity index (χ2n) is 9.86. The second-order valence-corrected chi connectivity index (χ2v) is 9.86. The van der Waals surface area contributed by atoms with Crippen LogP contribution in [0.15, 0.2) is 77.6 Å². The number of carbonyl (C=O) groups is 2. The monoisotopic (exact) mass is 524 g/mol. The Hall–Kier alpha value is -4.08. The first-order valence-electron chi connectivity index (χ1n) is 12.4. The highest BCUT2D eigenvalue weighted by molar-refractivity contribution is 5.97. The first-order valence-corrected chi connectivity index (χ1v) is 12.4. The Balaban J connectivity index is 1.33. The lowest BCUT2D eigenvalue weighted by Gasteiger charge is -2.43. The number of nitrogens with zero attached hydrogens (tertiary/aromatic N) is 2. The summed E-state index contributed by atoms with van der Waals surface area (Å²) in [7, 11) is 0. The molecule has 1 saturated heterocycles. The molecule has 3 aromatic rings. The van der Waals surface area contributed by atoms with Crippen LogP contribution in [0.2, 0.25) is 0 Å². The largest absolute Gasteiger partial charge is 0.416 e. The average molecular weight is 525 g/mol. The Morgan fingerprint density at radius 3 is 2.47 bits per heavy atom. The molecule has 0 unspecified atom stereocenters. The van der Waals surface area contributed by atoms with Crippen molar-refractivity contribution in [3.8, 4) is 0 Å². The summed E-state index contributed by atoms with van der Waals surface area (Å²) in [6.45, 7) is 1.37. The topological polar surface area (TPSA) is 83.4 Å². The molecule has 10 heteroatoms. The third-order valence-electron chi connectivity index (χ3n) is 7.12. The minimum absolute atomic E-state index is 0.00770. The fraction of sp³-hybridized carbons (Fsp3) is 0.321. The summed E-state index contributed by atoms with van der Waals surface area (Å²) in [5, 5.41) is 5.34. The summed E-state index contributed by atoms with van der Waals surface area (Å²) in [5.74, 6) is -0.497. The van der Waals surface area contributed by atoms with E-state index in [4.69, 9.17) is 0 Å². The molecule has 0 spiro atoms. The van der Waals surface area contributed by atoms with Crippen LogP contribution in [0.4, 0.5) is 23.7 Å². The third-order valence-corrected chi connectivity index (χ3v) is 7.12. The highest BCUT2D eigenvalue weighted by Crippen LogP contribution is 2.35. The predicted octanol–water partition coefficient (Wildman–Crippen LogP) is 4.25. The number of halogens is 3. The molecule has 7 nitrogen and oxygen atoms in total. The van der Waals surface area contributed by atoms with Gasteiger partial charge in [0.2, 0.25) is 5.91 Å². The van der Waals surface area contributed by atoms with Crippen molar-refractivity contribution >= 4 is 17.6 Å². The van der Waals surface area contributed by atoms with Gasteiger partial charge in [-0.05, 0) is 42.2 Å². The van der Waals surface area contributed by atoms with E-state index in [-0.39, 0.29) is 29.5 Å². The predicted molar refractivity (Wildman–Crippen MR) is 136 cm³/mol. The first kappa shape index (κ1) is 25.6. The number of alkyl halides is 3. The zero-order chi connectivity index (χ0) is 26.9. The van der Waals surface area contributed by atoms with Gasteiger partial charge < -0.3 is 20.1 Å². The Morgan fingerprint density at radius 2 is 1.71 bits per heavy atom. The van der Waals surface area contributed by atoms with Crippen molar-refractivity contribution in [2.24, 2.45) is 5.92 Å². The average Bonchev–Trinajstić information content (AvgIpc) is 2.89. The SMILES string of the molecule is O=C(Nc1cccc(C(F)(F)F)c1)[C@H](Cc1ccccc1)NC(=O)N1C[C@@H]2C[C@@H](C1)c1cccc(=O)n1C2. The molecule has 198 valence electrons. The number of urea groups is 1. The number of anilines is 1. The molecular formula is C28H27F3N4O3. The van der Waals surface area contributed by atoms with Crippen molar-refractivity contribution in [2.75, 3.05) is 18.4 Å². The number of nitrogens with one attached hydrogen (secondary N) is 2. The summed E-state index contributed by atoms with van der Waals surface area (Å²) in [6.07, 6.45) is -3.51. The minimum atomic E-state index is -4.55. The van der Waals surface area contributed by atoms with Crippen LogP contribution in [0.25, 0.3) is 0 Å². The Morgan fingerprint density at radius 1 is 0.947 bits per heavy atom. The minimum Gasteiger partial charge on any atom is -0.326 e. The van der Waals surface area contributed by atoms with Gasteiger partial charge in [-0.1, -0.05) is 42.5 Å². The van der Waals surface area contributed by atoms with Gasteiger partial charge in [-0.15, -0.1) is 0 Å². The molecule has 3 heterocycles. The van der Waals surface area contributed by atoms with Crippen LogP contribution >= 0.6 is 0 Å². The molecule has 2 aliphatic rings. The van der Waals surface area contributed by atoms with Crippen LogP contribution in [0, 0.1) is 5.92 Å². The molecule has 38 heavy (non-hydrogen) atoms. The van der Waals surface area contributed by atoms with Gasteiger partial charge in [-0.25, -0.2) is 4.79 Å². The number of rotatable bonds is 5. The maximum absolute atomic E-state index is 13.4. The zero-order valence-corrected chi connectivity index (χ0v) is 20.4. The van der Waals surface area contributed by atoms with Crippen LogP contribution in [-0.2, 0) is 23.9 Å². The summed E-state index contributed by atoms with van der Waals surface area (Å²) >= 11 is 0. The van der Waals surface area contributed by atoms with Gasteiger partial charge in [0.05, 0.1) is 5.56 Å². The molecule has 0 aliphatic carbocycles. The maximum atomic E-state index is 13.4. The standard InChI is InChI=1S/C28H27F3N4O3/c29-28(30,31)21-8-4-9-22(14-21)32-26(37)23(13-18-6-2-1-3-7-18)33-27(38)34-15-19-12-20(17-34)24-10-5-11-25(36)35(24)16-19/h1-11,14,19-20,23H,12-13,15-17H2,(H,32,37)(H,33,38)/t19-,20-,23-/m0/s1. The molecule has 2 N–H and O–H groups in total. The van der Waals surface area contributed by atoms with Crippen LogP contribution in [0.5, 0.6) is 0 Å². The number of piperidine rings is 1. The van der Waals surface area contributed by atoms with E-state index in [1.807, 2.05) is 36.4 Å². The highest BCUT2D eigenvalue weighted by Gasteiger charge is 2.37. The van der Waals surface area contributed by atoms with Crippen molar-refractivity contribution in [3.63, 3.8) is 0 Å². The van der Waals surface area contributed by atoms with Gasteiger partial charge in [-0.3, -0.25) is 9.59 Å². The summed E-state index contributed by atoms with van der Waals surface area (Å²) in [5.41, 5.74) is 0.754. The summed E-state index contributed by atoms with van der Waals surface area (Å²) in [4.78, 5) is 40.6. The molecule has 1 fully saturated rings. The Kier molecular flexibility index (Phi) is 6.96. The molecule has 2 bridgehead atoms. The van der Waals surface area contributed by atoms with Crippen LogP contribution < -0.4 is 16.2 Å². The molecule has 2 aromatic carbocycles. The number of aromatic nitrogens is 1. The number of likely N-dealkylation sites (tertiary alicyclic amines) is 1. The molecule has 3 amide bonds. The van der Waals surface area contributed by atoms with Gasteiger partial charge >= 0.3 is 12.2 Å². The van der Waals surface area contributed by atoms with E-state index in [1.165, 1.54) is 18.2 Å². The third kappa shape index (κ3) is 5.58. The normalized spacial score (nSPS) is 19.3. The number of amides is 3. The fourth-order valence-corrected chi connectivity index (χ4v) is 5.36. The molecule has 1 aromatic heterocycles. The summed E-state index contributed by atoms with van der Waals surface area (Å²) < 4.78 is 41.2. The van der Waals surface area contributed by atoms with Gasteiger partial charge in [-0.2, -0.15) is 13.2 Å². The molecule has 5 rings (SSSR count). The quantitative estimate of drug-likeness (QED) is 0.524. The number of hydrogen-bond acceptors (Lipinski definition) is 3. The number of hydrogen-bond donors (Lipinski definition) is 2.